The first-order valence-electron chi connectivity index (χ1n) is 8.91. The molecule has 0 unspecified atom stereocenters. The van der Waals surface area contributed by atoms with Gasteiger partial charge in [0, 0.05) is 30.2 Å². The van der Waals surface area contributed by atoms with E-state index in [1.165, 1.54) is 23.5 Å². The number of morpholine rings is 1. The Balaban J connectivity index is 1.67. The molecular formula is C19H17ClN4O4S. The highest BCUT2D eigenvalue weighted by atomic mass is 35.5. The van der Waals surface area contributed by atoms with Gasteiger partial charge in [-0.15, -0.1) is 0 Å². The molecule has 0 radical (unpaired) electrons. The molecule has 1 N–H and O–H groups in total. The summed E-state index contributed by atoms with van der Waals surface area (Å²) < 4.78 is 6.26. The minimum absolute atomic E-state index is 0.140. The first-order valence-corrected chi connectivity index (χ1v) is 10.1. The van der Waals surface area contributed by atoms with Gasteiger partial charge in [-0.05, 0) is 30.7 Å². The number of fused-ring (bicyclic) bond motifs is 1. The quantitative estimate of drug-likeness (QED) is 0.488. The number of hydrogen-bond acceptors (Lipinski definition) is 7. The van der Waals surface area contributed by atoms with Gasteiger partial charge in [-0.1, -0.05) is 22.9 Å². The van der Waals surface area contributed by atoms with E-state index in [1.54, 1.807) is 12.1 Å². The summed E-state index contributed by atoms with van der Waals surface area (Å²) in [5.41, 5.74) is 2.34. The van der Waals surface area contributed by atoms with Crippen LogP contribution < -0.4 is 10.2 Å². The molecular weight excluding hydrogens is 416 g/mol. The Kier molecular flexibility index (Phi) is 5.35. The van der Waals surface area contributed by atoms with Crippen LogP contribution in [-0.4, -0.2) is 42.1 Å². The molecule has 1 fully saturated rings. The van der Waals surface area contributed by atoms with Crippen molar-refractivity contribution in [3.05, 3.63) is 56.6 Å². The lowest BCUT2D eigenvalue weighted by molar-refractivity contribution is -0.384. The first kappa shape index (κ1) is 19.6. The predicted octanol–water partition coefficient (Wildman–Crippen LogP) is 4.26. The zero-order valence-electron chi connectivity index (χ0n) is 15.5. The van der Waals surface area contributed by atoms with E-state index >= 15 is 0 Å². The number of nitrogens with zero attached hydrogens (tertiary/aromatic N) is 3. The molecule has 1 amide bonds. The third-order valence-corrected chi connectivity index (χ3v) is 6.02. The van der Waals surface area contributed by atoms with Gasteiger partial charge in [-0.3, -0.25) is 20.2 Å². The van der Waals surface area contributed by atoms with Crippen molar-refractivity contribution in [3.8, 4) is 0 Å². The Bertz CT molecular complexity index is 1070. The van der Waals surface area contributed by atoms with Crippen LogP contribution in [0.2, 0.25) is 5.02 Å². The third kappa shape index (κ3) is 4.02. The summed E-state index contributed by atoms with van der Waals surface area (Å²) in [7, 11) is 0. The lowest BCUT2D eigenvalue weighted by Crippen LogP contribution is -2.37. The normalized spacial score (nSPS) is 14.2. The third-order valence-electron chi connectivity index (χ3n) is 4.68. The number of nitrogens with one attached hydrogen (secondary N) is 1. The Hall–Kier alpha value is -2.75. The predicted molar refractivity (Wildman–Crippen MR) is 113 cm³/mol. The van der Waals surface area contributed by atoms with E-state index in [2.05, 4.69) is 10.3 Å². The molecule has 0 spiro atoms. The lowest BCUT2D eigenvalue weighted by Gasteiger charge is -2.30. The van der Waals surface area contributed by atoms with Crippen molar-refractivity contribution in [1.82, 2.24) is 4.98 Å². The number of non-ortho nitro benzene ring substituents is 1. The van der Waals surface area contributed by atoms with Crippen LogP contribution in [-0.2, 0) is 4.74 Å². The number of carbonyl (C=O) groups excluding carboxylic acids is 1. The minimum atomic E-state index is -0.512. The number of hydrogen-bond donors (Lipinski definition) is 1. The molecule has 10 heteroatoms. The highest BCUT2D eigenvalue weighted by molar-refractivity contribution is 7.22. The number of nitro groups is 1. The zero-order chi connectivity index (χ0) is 20.5. The lowest BCUT2D eigenvalue weighted by atomic mass is 10.1. The number of aromatic nitrogens is 1. The van der Waals surface area contributed by atoms with Gasteiger partial charge in [0.25, 0.3) is 11.6 Å². The number of anilines is 2. The van der Waals surface area contributed by atoms with E-state index in [4.69, 9.17) is 16.3 Å². The number of rotatable bonds is 4. The standard InChI is InChI=1S/C19H17ClN4O4S/c1-11-8-17-15(10-14(11)20)21-19(29-17)22-18(25)13-9-12(24(26)27)2-3-16(13)23-4-6-28-7-5-23/h2-3,8-10H,4-7H2,1H3,(H,21,22,25). The molecule has 1 aliphatic heterocycles. The molecule has 0 saturated carbocycles. The van der Waals surface area contributed by atoms with E-state index in [1.807, 2.05) is 17.9 Å². The molecule has 150 valence electrons. The SMILES string of the molecule is Cc1cc2sc(NC(=O)c3cc([N+](=O)[O-])ccc3N3CCOCC3)nc2cc1Cl. The smallest absolute Gasteiger partial charge is 0.270 e. The molecule has 2 aromatic carbocycles. The van der Waals surface area contributed by atoms with Gasteiger partial charge in [0.05, 0.1) is 39.6 Å². The van der Waals surface area contributed by atoms with Crippen LogP contribution in [0.4, 0.5) is 16.5 Å². The fraction of sp³-hybridized carbons (Fsp3) is 0.263. The molecule has 8 nitrogen and oxygen atoms in total. The summed E-state index contributed by atoms with van der Waals surface area (Å²) in [5, 5.41) is 15.0. The largest absolute Gasteiger partial charge is 0.378 e. The second-order valence-electron chi connectivity index (χ2n) is 6.60. The molecule has 1 saturated heterocycles. The molecule has 1 aliphatic rings. The fourth-order valence-electron chi connectivity index (χ4n) is 3.17. The van der Waals surface area contributed by atoms with Crippen LogP contribution in [0.3, 0.4) is 0 Å². The monoisotopic (exact) mass is 432 g/mol. The number of benzene rings is 2. The maximum atomic E-state index is 13.0. The molecule has 29 heavy (non-hydrogen) atoms. The average molecular weight is 433 g/mol. The molecule has 0 atom stereocenters. The Morgan fingerprint density at radius 1 is 1.31 bits per heavy atom. The van der Waals surface area contributed by atoms with E-state index in [0.717, 1.165) is 10.3 Å². The summed E-state index contributed by atoms with van der Waals surface area (Å²) in [4.78, 5) is 30.1. The number of thiazole rings is 1. The van der Waals surface area contributed by atoms with Gasteiger partial charge in [-0.2, -0.15) is 0 Å². The summed E-state index contributed by atoms with van der Waals surface area (Å²) in [6.45, 7) is 4.19. The van der Waals surface area contributed by atoms with Crippen LogP contribution >= 0.6 is 22.9 Å². The van der Waals surface area contributed by atoms with Crippen molar-refractivity contribution in [2.75, 3.05) is 36.5 Å². The van der Waals surface area contributed by atoms with Crippen LogP contribution in [0, 0.1) is 17.0 Å². The van der Waals surface area contributed by atoms with E-state index in [-0.39, 0.29) is 11.3 Å². The van der Waals surface area contributed by atoms with Crippen LogP contribution in [0.15, 0.2) is 30.3 Å². The Morgan fingerprint density at radius 3 is 2.79 bits per heavy atom. The Morgan fingerprint density at radius 2 is 2.07 bits per heavy atom. The fourth-order valence-corrected chi connectivity index (χ4v) is 4.27. The summed E-state index contributed by atoms with van der Waals surface area (Å²) in [5.74, 6) is -0.447. The van der Waals surface area contributed by atoms with Gasteiger partial charge in [0.1, 0.15) is 0 Å². The second kappa shape index (κ2) is 7.94. The summed E-state index contributed by atoms with van der Waals surface area (Å²) >= 11 is 7.48. The number of carbonyl (C=O) groups is 1. The molecule has 4 rings (SSSR count). The molecule has 3 aromatic rings. The van der Waals surface area contributed by atoms with Crippen molar-refractivity contribution in [1.29, 1.82) is 0 Å². The van der Waals surface area contributed by atoms with Gasteiger partial charge in [0.15, 0.2) is 5.13 Å². The first-order chi connectivity index (χ1) is 13.9. The number of halogens is 1. The van der Waals surface area contributed by atoms with E-state index in [9.17, 15) is 14.9 Å². The van der Waals surface area contributed by atoms with Crippen LogP contribution in [0.5, 0.6) is 0 Å². The summed E-state index contributed by atoms with van der Waals surface area (Å²) in [6, 6.07) is 7.99. The molecule has 0 aliphatic carbocycles. The summed E-state index contributed by atoms with van der Waals surface area (Å²) in [6.07, 6.45) is 0. The molecule has 1 aromatic heterocycles. The Labute approximate surface area is 175 Å². The van der Waals surface area contributed by atoms with Crippen LogP contribution in [0.1, 0.15) is 15.9 Å². The van der Waals surface area contributed by atoms with Crippen molar-refractivity contribution in [3.63, 3.8) is 0 Å². The van der Waals surface area contributed by atoms with Gasteiger partial charge < -0.3 is 9.64 Å². The van der Waals surface area contributed by atoms with Crippen LogP contribution in [0.25, 0.3) is 10.2 Å². The van der Waals surface area contributed by atoms with E-state index < -0.39 is 10.8 Å². The highest BCUT2D eigenvalue weighted by Gasteiger charge is 2.23. The van der Waals surface area contributed by atoms with Gasteiger partial charge in [-0.25, -0.2) is 4.98 Å². The second-order valence-corrected chi connectivity index (χ2v) is 8.04. The number of ether oxygens (including phenoxy) is 1. The highest BCUT2D eigenvalue weighted by Crippen LogP contribution is 2.32. The van der Waals surface area contributed by atoms with Crippen molar-refractivity contribution in [2.45, 2.75) is 6.92 Å². The average Bonchev–Trinajstić information content (AvgIpc) is 3.09. The zero-order valence-corrected chi connectivity index (χ0v) is 17.0. The number of amides is 1. The maximum absolute atomic E-state index is 13.0. The van der Waals surface area contributed by atoms with Crippen molar-refractivity contribution < 1.29 is 14.5 Å². The van der Waals surface area contributed by atoms with E-state index in [0.29, 0.717) is 47.7 Å². The van der Waals surface area contributed by atoms with Crippen molar-refractivity contribution in [2.24, 2.45) is 0 Å². The maximum Gasteiger partial charge on any atom is 0.270 e. The molecule has 0 bridgehead atoms. The topological polar surface area (TPSA) is 97.6 Å². The van der Waals surface area contributed by atoms with Crippen molar-refractivity contribution >= 4 is 55.6 Å². The van der Waals surface area contributed by atoms with Gasteiger partial charge in [0.2, 0.25) is 0 Å². The molecule has 2 heterocycles. The van der Waals surface area contributed by atoms with Gasteiger partial charge >= 0.3 is 0 Å². The number of nitro benzene ring substituents is 1. The number of aryl methyl sites for hydroxylation is 1. The minimum Gasteiger partial charge on any atom is -0.378 e.